The Kier molecular flexibility index (Phi) is 3.45. The molecule has 1 spiro atoms. The van der Waals surface area contributed by atoms with Crippen LogP contribution in [0.5, 0.6) is 0 Å². The Hall–Kier alpha value is -2.15. The van der Waals surface area contributed by atoms with Crippen LogP contribution in [-0.4, -0.2) is 58.5 Å². The molecule has 2 fully saturated rings. The second-order valence-electron chi connectivity index (χ2n) is 6.71. The molecule has 1 saturated carbocycles. The molecule has 0 unspecified atom stereocenters. The van der Waals surface area contributed by atoms with Crippen molar-refractivity contribution in [2.75, 3.05) is 37.6 Å². The first kappa shape index (κ1) is 14.4. The lowest BCUT2D eigenvalue weighted by Gasteiger charge is -2.25. The number of carbonyl (C=O) groups excluding carboxylic acids is 1. The molecule has 7 heteroatoms. The molecule has 0 atom stereocenters. The normalized spacial score (nSPS) is 20.0. The number of nitrogens with two attached hydrogens (primary N) is 1. The number of aromatic nitrogens is 3. The third kappa shape index (κ3) is 2.65. The number of hydrogen-bond acceptors (Lipinski definition) is 5. The van der Waals surface area contributed by atoms with Crippen LogP contribution in [0.25, 0.3) is 11.0 Å². The number of hydrogen-bond donors (Lipinski definition) is 2. The van der Waals surface area contributed by atoms with Crippen molar-refractivity contribution in [3.63, 3.8) is 0 Å². The van der Waals surface area contributed by atoms with Gasteiger partial charge in [0.05, 0.1) is 5.39 Å². The number of nitrogens with zero attached hydrogens (tertiary/aromatic N) is 4. The maximum atomic E-state index is 12.3. The molecule has 3 N–H and O–H groups in total. The Morgan fingerprint density at radius 2 is 2.17 bits per heavy atom. The molecule has 2 aromatic rings. The van der Waals surface area contributed by atoms with Gasteiger partial charge in [-0.1, -0.05) is 0 Å². The Morgan fingerprint density at radius 3 is 2.96 bits per heavy atom. The van der Waals surface area contributed by atoms with Crippen LogP contribution in [0.1, 0.15) is 19.3 Å². The highest BCUT2D eigenvalue weighted by Crippen LogP contribution is 2.48. The van der Waals surface area contributed by atoms with Crippen LogP contribution in [0, 0.1) is 5.41 Å². The summed E-state index contributed by atoms with van der Waals surface area (Å²) in [5.41, 5.74) is 6.64. The third-order valence-electron chi connectivity index (χ3n) is 4.99. The predicted octanol–water partition coefficient (Wildman–Crippen LogP) is 0.736. The average Bonchev–Trinajstić information content (AvgIpc) is 3.19. The lowest BCUT2D eigenvalue weighted by molar-refractivity contribution is -0.131. The summed E-state index contributed by atoms with van der Waals surface area (Å²) < 4.78 is 0. The van der Waals surface area contributed by atoms with Crippen LogP contribution < -0.4 is 10.6 Å². The van der Waals surface area contributed by atoms with Gasteiger partial charge < -0.3 is 20.5 Å². The van der Waals surface area contributed by atoms with Crippen molar-refractivity contribution >= 4 is 22.8 Å². The number of fused-ring (bicyclic) bond motifs is 1. The summed E-state index contributed by atoms with van der Waals surface area (Å²) in [6.07, 6.45) is 6.29. The van der Waals surface area contributed by atoms with E-state index in [1.807, 2.05) is 17.2 Å². The van der Waals surface area contributed by atoms with E-state index in [2.05, 4.69) is 19.9 Å². The van der Waals surface area contributed by atoms with Crippen LogP contribution in [-0.2, 0) is 4.79 Å². The smallest absolute Gasteiger partial charge is 0.223 e. The summed E-state index contributed by atoms with van der Waals surface area (Å²) in [4.78, 5) is 28.5. The first-order chi connectivity index (χ1) is 11.2. The van der Waals surface area contributed by atoms with E-state index in [-0.39, 0.29) is 11.3 Å². The number of rotatable bonds is 3. The monoisotopic (exact) mass is 314 g/mol. The van der Waals surface area contributed by atoms with E-state index in [9.17, 15) is 4.79 Å². The van der Waals surface area contributed by atoms with Crippen molar-refractivity contribution in [2.45, 2.75) is 19.3 Å². The maximum absolute atomic E-state index is 12.3. The summed E-state index contributed by atoms with van der Waals surface area (Å²) in [6.45, 7) is 3.76. The van der Waals surface area contributed by atoms with Gasteiger partial charge in [-0.15, -0.1) is 0 Å². The largest absolute Gasteiger partial charge is 0.354 e. The topological polar surface area (TPSA) is 91.1 Å². The van der Waals surface area contributed by atoms with E-state index in [0.717, 1.165) is 43.0 Å². The first-order valence-corrected chi connectivity index (χ1v) is 8.22. The molecule has 3 heterocycles. The summed E-state index contributed by atoms with van der Waals surface area (Å²) in [6, 6.07) is 2.02. The van der Waals surface area contributed by atoms with Gasteiger partial charge in [0.2, 0.25) is 5.91 Å². The molecule has 4 rings (SSSR count). The van der Waals surface area contributed by atoms with Crippen molar-refractivity contribution in [3.8, 4) is 0 Å². The van der Waals surface area contributed by atoms with Crippen molar-refractivity contribution in [2.24, 2.45) is 11.1 Å². The summed E-state index contributed by atoms with van der Waals surface area (Å²) in [5, 5.41) is 1.05. The second kappa shape index (κ2) is 5.49. The van der Waals surface area contributed by atoms with E-state index in [1.54, 1.807) is 6.33 Å². The van der Waals surface area contributed by atoms with Crippen LogP contribution in [0.4, 0.5) is 5.82 Å². The Balaban J connectivity index is 1.61. The van der Waals surface area contributed by atoms with E-state index in [1.165, 1.54) is 12.8 Å². The highest BCUT2D eigenvalue weighted by molar-refractivity contribution is 5.87. The molecule has 7 nitrogen and oxygen atoms in total. The third-order valence-corrected chi connectivity index (χ3v) is 4.99. The average molecular weight is 314 g/mol. The van der Waals surface area contributed by atoms with Gasteiger partial charge in [0, 0.05) is 50.8 Å². The van der Waals surface area contributed by atoms with Crippen LogP contribution in [0.15, 0.2) is 18.6 Å². The van der Waals surface area contributed by atoms with Gasteiger partial charge in [0.25, 0.3) is 0 Å². The van der Waals surface area contributed by atoms with Crippen LogP contribution in [0.2, 0.25) is 0 Å². The van der Waals surface area contributed by atoms with Gasteiger partial charge in [-0.25, -0.2) is 9.97 Å². The van der Waals surface area contributed by atoms with Gasteiger partial charge in [0.1, 0.15) is 17.8 Å². The number of carbonyl (C=O) groups is 1. The van der Waals surface area contributed by atoms with E-state index in [0.29, 0.717) is 13.0 Å². The SMILES string of the molecule is NCCC(=O)N1CCN(c2ncnc3[nH]ccc23)CC2(CC2)C1. The first-order valence-electron chi connectivity index (χ1n) is 8.22. The van der Waals surface area contributed by atoms with Gasteiger partial charge in [0.15, 0.2) is 0 Å². The molecule has 0 bridgehead atoms. The number of amides is 1. The lowest BCUT2D eigenvalue weighted by atomic mass is 10.1. The molecular formula is C16H22N6O. The van der Waals surface area contributed by atoms with Crippen molar-refractivity contribution in [3.05, 3.63) is 18.6 Å². The minimum Gasteiger partial charge on any atom is -0.354 e. The highest BCUT2D eigenvalue weighted by Gasteiger charge is 2.47. The zero-order valence-electron chi connectivity index (χ0n) is 13.2. The van der Waals surface area contributed by atoms with Crippen molar-refractivity contribution in [1.82, 2.24) is 19.9 Å². The minimum atomic E-state index is 0.176. The molecule has 1 saturated heterocycles. The van der Waals surface area contributed by atoms with Crippen LogP contribution in [0.3, 0.4) is 0 Å². The Morgan fingerprint density at radius 1 is 1.30 bits per heavy atom. The maximum Gasteiger partial charge on any atom is 0.223 e. The molecule has 2 aliphatic rings. The number of anilines is 1. The molecule has 23 heavy (non-hydrogen) atoms. The van der Waals surface area contributed by atoms with Gasteiger partial charge in [-0.2, -0.15) is 0 Å². The quantitative estimate of drug-likeness (QED) is 0.872. The standard InChI is InChI=1S/C16H22N6O/c17-5-1-13(23)21-7-8-22(10-16(9-21)3-4-16)15-12-2-6-18-14(12)19-11-20-15/h2,6,11H,1,3-5,7-10,17H2,(H,18,19,20). The number of nitrogens with one attached hydrogen (secondary N) is 1. The Bertz CT molecular complexity index is 722. The summed E-state index contributed by atoms with van der Waals surface area (Å²) in [7, 11) is 0. The zero-order valence-corrected chi connectivity index (χ0v) is 13.2. The lowest BCUT2D eigenvalue weighted by Crippen LogP contribution is -2.37. The molecule has 1 amide bonds. The Labute approximate surface area is 134 Å². The fourth-order valence-corrected chi connectivity index (χ4v) is 3.54. The summed E-state index contributed by atoms with van der Waals surface area (Å²) in [5.74, 6) is 1.14. The molecule has 0 radical (unpaired) electrons. The van der Waals surface area contributed by atoms with Gasteiger partial charge in [-0.3, -0.25) is 4.79 Å². The fourth-order valence-electron chi connectivity index (χ4n) is 3.54. The predicted molar refractivity (Wildman–Crippen MR) is 88.0 cm³/mol. The minimum absolute atomic E-state index is 0.176. The molecule has 0 aromatic carbocycles. The molecule has 1 aliphatic carbocycles. The summed E-state index contributed by atoms with van der Waals surface area (Å²) >= 11 is 0. The number of H-pyrrole nitrogens is 1. The van der Waals surface area contributed by atoms with Gasteiger partial charge in [-0.05, 0) is 18.9 Å². The zero-order chi connectivity index (χ0) is 15.9. The van der Waals surface area contributed by atoms with Crippen molar-refractivity contribution < 1.29 is 4.79 Å². The van der Waals surface area contributed by atoms with Crippen molar-refractivity contribution in [1.29, 1.82) is 0 Å². The van der Waals surface area contributed by atoms with E-state index >= 15 is 0 Å². The van der Waals surface area contributed by atoms with Crippen LogP contribution >= 0.6 is 0 Å². The molecule has 2 aromatic heterocycles. The molecule has 1 aliphatic heterocycles. The second-order valence-corrected chi connectivity index (χ2v) is 6.71. The number of aromatic amines is 1. The van der Waals surface area contributed by atoms with E-state index in [4.69, 9.17) is 5.73 Å². The van der Waals surface area contributed by atoms with Gasteiger partial charge >= 0.3 is 0 Å². The molecule has 122 valence electrons. The van der Waals surface area contributed by atoms with E-state index < -0.39 is 0 Å². The highest BCUT2D eigenvalue weighted by atomic mass is 16.2. The molecular weight excluding hydrogens is 292 g/mol. The fraction of sp³-hybridized carbons (Fsp3) is 0.562.